The number of aromatic nitrogens is 4. The molecule has 2 aromatic heterocycles. The first-order valence-corrected chi connectivity index (χ1v) is 8.82. The number of benzene rings is 3. The van der Waals surface area contributed by atoms with Gasteiger partial charge in [-0.3, -0.25) is 0 Å². The first kappa shape index (κ1) is 15.5. The van der Waals surface area contributed by atoms with Crippen LogP contribution in [0.25, 0.3) is 21.9 Å². The highest BCUT2D eigenvalue weighted by atomic mass is 15.1. The van der Waals surface area contributed by atoms with Crippen molar-refractivity contribution in [3.8, 4) is 0 Å². The number of nitrogens with one attached hydrogen (secondary N) is 1. The highest BCUT2D eigenvalue weighted by Crippen LogP contribution is 2.25. The number of para-hydroxylation sites is 1. The maximum atomic E-state index is 4.57. The summed E-state index contributed by atoms with van der Waals surface area (Å²) in [6, 6.07) is 24.6. The second-order valence-corrected chi connectivity index (χ2v) is 6.43. The molecule has 0 aliphatic rings. The van der Waals surface area contributed by atoms with Gasteiger partial charge in [-0.25, -0.2) is 15.0 Å². The number of fused-ring (bicyclic) bond motifs is 2. The topological polar surface area (TPSA) is 55.6 Å². The number of rotatable bonds is 4. The minimum atomic E-state index is 0.795. The van der Waals surface area contributed by atoms with Crippen molar-refractivity contribution in [2.45, 2.75) is 6.54 Å². The van der Waals surface area contributed by atoms with E-state index < -0.39 is 0 Å². The van der Waals surface area contributed by atoms with Crippen molar-refractivity contribution in [1.82, 2.24) is 19.5 Å². The first-order valence-electron chi connectivity index (χ1n) is 8.82. The van der Waals surface area contributed by atoms with Crippen LogP contribution >= 0.6 is 0 Å². The van der Waals surface area contributed by atoms with Crippen molar-refractivity contribution in [3.63, 3.8) is 0 Å². The van der Waals surface area contributed by atoms with Gasteiger partial charge in [0.25, 0.3) is 0 Å². The van der Waals surface area contributed by atoms with Crippen molar-refractivity contribution in [2.75, 3.05) is 5.32 Å². The molecule has 5 heteroatoms. The van der Waals surface area contributed by atoms with E-state index in [1.54, 1.807) is 6.33 Å². The van der Waals surface area contributed by atoms with Crippen LogP contribution in [0.1, 0.15) is 5.56 Å². The molecule has 0 atom stereocenters. The zero-order valence-corrected chi connectivity index (χ0v) is 14.6. The molecule has 0 fully saturated rings. The van der Waals surface area contributed by atoms with E-state index in [0.29, 0.717) is 0 Å². The summed E-state index contributed by atoms with van der Waals surface area (Å²) in [5, 5.41) is 4.39. The SMILES string of the molecule is c1ccc(Cn2cnc3cc(Nc4ncnc5ccccc45)ccc32)cc1. The highest BCUT2D eigenvalue weighted by Gasteiger charge is 2.07. The summed E-state index contributed by atoms with van der Waals surface area (Å²) in [5.74, 6) is 0.795. The quantitative estimate of drug-likeness (QED) is 0.507. The van der Waals surface area contributed by atoms with Gasteiger partial charge in [-0.05, 0) is 35.9 Å². The second-order valence-electron chi connectivity index (χ2n) is 6.43. The molecule has 5 nitrogen and oxygen atoms in total. The zero-order valence-electron chi connectivity index (χ0n) is 14.6. The Morgan fingerprint density at radius 3 is 2.56 bits per heavy atom. The third kappa shape index (κ3) is 3.00. The average molecular weight is 351 g/mol. The van der Waals surface area contributed by atoms with Crippen molar-refractivity contribution in [3.05, 3.63) is 91.0 Å². The Morgan fingerprint density at radius 1 is 0.778 bits per heavy atom. The first-order chi connectivity index (χ1) is 13.4. The summed E-state index contributed by atoms with van der Waals surface area (Å²) in [5.41, 5.74) is 5.19. The third-order valence-electron chi connectivity index (χ3n) is 4.62. The summed E-state index contributed by atoms with van der Waals surface area (Å²) < 4.78 is 2.16. The smallest absolute Gasteiger partial charge is 0.141 e. The Kier molecular flexibility index (Phi) is 3.76. The predicted molar refractivity (Wildman–Crippen MR) is 108 cm³/mol. The molecule has 0 spiro atoms. The molecule has 1 N–H and O–H groups in total. The van der Waals surface area contributed by atoms with Crippen LogP contribution in [0.5, 0.6) is 0 Å². The van der Waals surface area contributed by atoms with Gasteiger partial charge in [-0.2, -0.15) is 0 Å². The molecule has 0 saturated carbocycles. The van der Waals surface area contributed by atoms with E-state index in [1.807, 2.05) is 42.7 Å². The average Bonchev–Trinajstić information content (AvgIpc) is 3.11. The molecule has 0 saturated heterocycles. The summed E-state index contributed by atoms with van der Waals surface area (Å²) >= 11 is 0. The van der Waals surface area contributed by atoms with Gasteiger partial charge in [0.15, 0.2) is 0 Å². The molecule has 5 aromatic rings. The summed E-state index contributed by atoms with van der Waals surface area (Å²) in [6.07, 6.45) is 3.47. The molecule has 27 heavy (non-hydrogen) atoms. The normalized spacial score (nSPS) is 11.1. The Morgan fingerprint density at radius 2 is 1.63 bits per heavy atom. The van der Waals surface area contributed by atoms with Crippen LogP contribution in [0, 0.1) is 0 Å². The lowest BCUT2D eigenvalue weighted by Crippen LogP contribution is -1.98. The van der Waals surface area contributed by atoms with Crippen LogP contribution in [-0.4, -0.2) is 19.5 Å². The lowest BCUT2D eigenvalue weighted by atomic mass is 10.2. The van der Waals surface area contributed by atoms with E-state index >= 15 is 0 Å². The number of hydrogen-bond donors (Lipinski definition) is 1. The van der Waals surface area contributed by atoms with Crippen LogP contribution < -0.4 is 5.32 Å². The minimum absolute atomic E-state index is 0.795. The van der Waals surface area contributed by atoms with Gasteiger partial charge in [-0.15, -0.1) is 0 Å². The fourth-order valence-corrected chi connectivity index (χ4v) is 3.29. The lowest BCUT2D eigenvalue weighted by Gasteiger charge is -2.09. The second kappa shape index (κ2) is 6.53. The standard InChI is InChI=1S/C22H17N5/c1-2-6-16(7-3-1)13-27-15-25-20-12-17(10-11-21(20)27)26-22-18-8-4-5-9-19(18)23-14-24-22/h1-12,14-15H,13H2,(H,23,24,26). The maximum absolute atomic E-state index is 4.57. The number of hydrogen-bond acceptors (Lipinski definition) is 4. The van der Waals surface area contributed by atoms with Crippen molar-refractivity contribution in [1.29, 1.82) is 0 Å². The third-order valence-corrected chi connectivity index (χ3v) is 4.62. The molecule has 3 aromatic carbocycles. The Labute approximate surface area is 156 Å². The lowest BCUT2D eigenvalue weighted by molar-refractivity contribution is 0.824. The van der Waals surface area contributed by atoms with Crippen LogP contribution in [0.2, 0.25) is 0 Å². The predicted octanol–water partition coefficient (Wildman–Crippen LogP) is 4.77. The molecule has 0 radical (unpaired) electrons. The van der Waals surface area contributed by atoms with Gasteiger partial charge < -0.3 is 9.88 Å². The highest BCUT2D eigenvalue weighted by molar-refractivity contribution is 5.91. The Hall–Kier alpha value is -3.73. The fraction of sp³-hybridized carbons (Fsp3) is 0.0455. The van der Waals surface area contributed by atoms with Gasteiger partial charge in [-0.1, -0.05) is 42.5 Å². The number of imidazole rings is 1. The van der Waals surface area contributed by atoms with Gasteiger partial charge in [0.05, 0.1) is 22.9 Å². The largest absolute Gasteiger partial charge is 0.340 e. The van der Waals surface area contributed by atoms with Crippen LogP contribution in [-0.2, 0) is 6.54 Å². The Balaban J connectivity index is 1.47. The molecule has 0 bridgehead atoms. The molecule has 2 heterocycles. The molecule has 130 valence electrons. The molecule has 0 aliphatic heterocycles. The van der Waals surface area contributed by atoms with E-state index in [1.165, 1.54) is 5.56 Å². The molecule has 0 aliphatic carbocycles. The van der Waals surface area contributed by atoms with Crippen molar-refractivity contribution >= 4 is 33.4 Å². The molecule has 5 rings (SSSR count). The van der Waals surface area contributed by atoms with Crippen LogP contribution in [0.15, 0.2) is 85.5 Å². The molecular weight excluding hydrogens is 334 g/mol. The monoisotopic (exact) mass is 351 g/mol. The fourth-order valence-electron chi connectivity index (χ4n) is 3.29. The number of nitrogens with zero attached hydrogens (tertiary/aromatic N) is 4. The molecule has 0 amide bonds. The van der Waals surface area contributed by atoms with Crippen molar-refractivity contribution in [2.24, 2.45) is 0 Å². The molecular formula is C22H17N5. The summed E-state index contributed by atoms with van der Waals surface area (Å²) in [6.45, 7) is 0.806. The van der Waals surface area contributed by atoms with E-state index in [4.69, 9.17) is 0 Å². The van der Waals surface area contributed by atoms with E-state index in [0.717, 1.165) is 40.0 Å². The van der Waals surface area contributed by atoms with Crippen LogP contribution in [0.4, 0.5) is 11.5 Å². The maximum Gasteiger partial charge on any atom is 0.141 e. The Bertz CT molecular complexity index is 1220. The summed E-state index contributed by atoms with van der Waals surface area (Å²) in [7, 11) is 0. The number of anilines is 2. The molecule has 0 unspecified atom stereocenters. The van der Waals surface area contributed by atoms with E-state index in [9.17, 15) is 0 Å². The van der Waals surface area contributed by atoms with Crippen LogP contribution in [0.3, 0.4) is 0 Å². The van der Waals surface area contributed by atoms with Gasteiger partial charge in [0.1, 0.15) is 12.1 Å². The van der Waals surface area contributed by atoms with E-state index in [2.05, 4.69) is 61.2 Å². The minimum Gasteiger partial charge on any atom is -0.340 e. The summed E-state index contributed by atoms with van der Waals surface area (Å²) in [4.78, 5) is 13.3. The van der Waals surface area contributed by atoms with Gasteiger partial charge in [0, 0.05) is 17.6 Å². The zero-order chi connectivity index (χ0) is 18.1. The van der Waals surface area contributed by atoms with Crippen molar-refractivity contribution < 1.29 is 0 Å². The van der Waals surface area contributed by atoms with E-state index in [-0.39, 0.29) is 0 Å². The van der Waals surface area contributed by atoms with Gasteiger partial charge in [0.2, 0.25) is 0 Å². The van der Waals surface area contributed by atoms with Gasteiger partial charge >= 0.3 is 0 Å².